The van der Waals surface area contributed by atoms with Crippen LogP contribution in [0.4, 0.5) is 15.8 Å². The lowest BCUT2D eigenvalue weighted by Crippen LogP contribution is -2.46. The van der Waals surface area contributed by atoms with Gasteiger partial charge in [0.25, 0.3) is 0 Å². The minimum absolute atomic E-state index is 0.000908. The largest absolute Gasteiger partial charge is 0.478 e. The summed E-state index contributed by atoms with van der Waals surface area (Å²) >= 11 is 6.01. The summed E-state index contributed by atoms with van der Waals surface area (Å²) in [7, 11) is -2.38. The molecule has 1 aliphatic carbocycles. The summed E-state index contributed by atoms with van der Waals surface area (Å²) < 4.78 is 45.2. The first kappa shape index (κ1) is 25.7. The molecule has 6 nitrogen and oxygen atoms in total. The molecule has 0 amide bonds. The summed E-state index contributed by atoms with van der Waals surface area (Å²) in [4.78, 5) is 13.5. The number of carbonyl (C=O) groups is 1. The van der Waals surface area contributed by atoms with Crippen molar-refractivity contribution in [3.63, 3.8) is 0 Å². The van der Waals surface area contributed by atoms with Gasteiger partial charge < -0.3 is 10.0 Å². The molecule has 0 radical (unpaired) electrons. The van der Waals surface area contributed by atoms with Crippen LogP contribution >= 0.6 is 11.6 Å². The van der Waals surface area contributed by atoms with Gasteiger partial charge in [0.1, 0.15) is 10.7 Å². The van der Waals surface area contributed by atoms with Crippen molar-refractivity contribution in [2.75, 3.05) is 18.5 Å². The van der Waals surface area contributed by atoms with Crippen LogP contribution in [0.5, 0.6) is 0 Å². The van der Waals surface area contributed by atoms with Gasteiger partial charge in [-0.1, -0.05) is 55.1 Å². The van der Waals surface area contributed by atoms with E-state index in [1.165, 1.54) is 34.6 Å². The van der Waals surface area contributed by atoms with E-state index < -0.39 is 21.8 Å². The van der Waals surface area contributed by atoms with E-state index in [-0.39, 0.29) is 44.3 Å². The number of benzene rings is 3. The molecular formula is C28H28ClFN2O4S. The van der Waals surface area contributed by atoms with Crippen LogP contribution in [0.25, 0.3) is 11.1 Å². The number of anilines is 2. The number of fused-ring (bicyclic) bond motifs is 1. The van der Waals surface area contributed by atoms with Crippen molar-refractivity contribution >= 4 is 39.0 Å². The Morgan fingerprint density at radius 2 is 1.73 bits per heavy atom. The molecule has 0 unspecified atom stereocenters. The number of carboxylic acids is 1. The van der Waals surface area contributed by atoms with Crippen molar-refractivity contribution < 1.29 is 22.7 Å². The predicted octanol–water partition coefficient (Wildman–Crippen LogP) is 6.57. The molecule has 1 fully saturated rings. The van der Waals surface area contributed by atoms with E-state index in [0.717, 1.165) is 37.8 Å². The normalized spacial score (nSPS) is 20.3. The van der Waals surface area contributed by atoms with Gasteiger partial charge in [-0.2, -0.15) is 4.31 Å². The maximum absolute atomic E-state index is 15.7. The van der Waals surface area contributed by atoms with Gasteiger partial charge in [-0.25, -0.2) is 17.6 Å². The molecule has 3 aromatic carbocycles. The summed E-state index contributed by atoms with van der Waals surface area (Å²) in [5.74, 6) is -1.69. The third-order valence-electron chi connectivity index (χ3n) is 7.60. The Balaban J connectivity index is 1.71. The molecule has 1 N–H and O–H groups in total. The minimum atomic E-state index is -4.00. The number of likely N-dealkylation sites (N-methyl/N-ethyl adjacent to an activating group) is 1. The van der Waals surface area contributed by atoms with Gasteiger partial charge in [-0.15, -0.1) is 0 Å². The number of hydrogen-bond donors (Lipinski definition) is 1. The van der Waals surface area contributed by atoms with Gasteiger partial charge in [0.2, 0.25) is 10.0 Å². The summed E-state index contributed by atoms with van der Waals surface area (Å²) in [6.45, 7) is 0.403. The second-order valence-corrected chi connectivity index (χ2v) is 12.1. The molecule has 2 aliphatic rings. The fourth-order valence-electron chi connectivity index (χ4n) is 5.59. The van der Waals surface area contributed by atoms with E-state index in [2.05, 4.69) is 0 Å². The number of sulfonamides is 1. The molecule has 3 aromatic rings. The Bertz CT molecular complexity index is 1440. The van der Waals surface area contributed by atoms with E-state index in [0.29, 0.717) is 6.54 Å². The first-order valence-corrected chi connectivity index (χ1v) is 14.2. The molecule has 0 saturated heterocycles. The first-order chi connectivity index (χ1) is 17.7. The van der Waals surface area contributed by atoms with Crippen molar-refractivity contribution in [2.24, 2.45) is 5.92 Å². The number of aromatic carboxylic acids is 1. The second kappa shape index (κ2) is 10.1. The molecule has 37 heavy (non-hydrogen) atoms. The summed E-state index contributed by atoms with van der Waals surface area (Å²) in [5, 5.41) is 9.50. The summed E-state index contributed by atoms with van der Waals surface area (Å²) in [6, 6.07) is 15.8. The van der Waals surface area contributed by atoms with E-state index >= 15 is 4.39 Å². The highest BCUT2D eigenvalue weighted by Gasteiger charge is 2.41. The maximum Gasteiger partial charge on any atom is 0.337 e. The first-order valence-electron chi connectivity index (χ1n) is 12.4. The van der Waals surface area contributed by atoms with Crippen LogP contribution in [0.1, 0.15) is 42.5 Å². The van der Waals surface area contributed by atoms with Crippen molar-refractivity contribution in [3.8, 4) is 11.1 Å². The number of hydrogen-bond acceptors (Lipinski definition) is 4. The van der Waals surface area contributed by atoms with Gasteiger partial charge in [0, 0.05) is 30.9 Å². The highest BCUT2D eigenvalue weighted by molar-refractivity contribution is 7.89. The molecule has 0 bridgehead atoms. The number of carboxylic acid groups (broad SMARTS) is 1. The SMILES string of the molecule is CN1[C@H](C2CCCCC2)CN(c2ccccc2)c2cc(F)c(-c3ccc(Cl)c(C(=O)O)c3)cc2S1(=O)=O. The average molecular weight is 543 g/mol. The fraction of sp³-hybridized carbons (Fsp3) is 0.321. The molecule has 0 spiro atoms. The Kier molecular flexibility index (Phi) is 7.00. The van der Waals surface area contributed by atoms with Crippen molar-refractivity contribution in [1.82, 2.24) is 4.31 Å². The lowest BCUT2D eigenvalue weighted by atomic mass is 9.83. The van der Waals surface area contributed by atoms with Crippen LogP contribution in [0.3, 0.4) is 0 Å². The molecule has 194 valence electrons. The summed E-state index contributed by atoms with van der Waals surface area (Å²) in [5.41, 5.74) is 1.10. The van der Waals surface area contributed by atoms with Crippen LogP contribution in [-0.4, -0.2) is 43.4 Å². The van der Waals surface area contributed by atoms with Gasteiger partial charge >= 0.3 is 5.97 Å². The fourth-order valence-corrected chi connectivity index (χ4v) is 7.39. The maximum atomic E-state index is 15.7. The van der Waals surface area contributed by atoms with Crippen LogP contribution < -0.4 is 4.90 Å². The second-order valence-electron chi connectivity index (χ2n) is 9.73. The average Bonchev–Trinajstić information content (AvgIpc) is 2.97. The van der Waals surface area contributed by atoms with Crippen molar-refractivity contribution in [2.45, 2.75) is 43.0 Å². The molecule has 1 saturated carbocycles. The number of para-hydroxylation sites is 1. The van der Waals surface area contributed by atoms with E-state index in [1.54, 1.807) is 7.05 Å². The smallest absolute Gasteiger partial charge is 0.337 e. The molecular weight excluding hydrogens is 515 g/mol. The van der Waals surface area contributed by atoms with E-state index in [1.807, 2.05) is 35.2 Å². The van der Waals surface area contributed by atoms with Gasteiger partial charge in [0.05, 0.1) is 16.3 Å². The predicted molar refractivity (Wildman–Crippen MR) is 143 cm³/mol. The topological polar surface area (TPSA) is 77.9 Å². The van der Waals surface area contributed by atoms with Crippen LogP contribution in [0.2, 0.25) is 5.02 Å². The number of halogens is 2. The number of nitrogens with zero attached hydrogens (tertiary/aromatic N) is 2. The highest BCUT2D eigenvalue weighted by atomic mass is 35.5. The van der Waals surface area contributed by atoms with Crippen LogP contribution in [0.15, 0.2) is 65.6 Å². The van der Waals surface area contributed by atoms with Crippen molar-refractivity contribution in [1.29, 1.82) is 0 Å². The highest BCUT2D eigenvalue weighted by Crippen LogP contribution is 2.43. The monoisotopic (exact) mass is 542 g/mol. The lowest BCUT2D eigenvalue weighted by Gasteiger charge is -2.36. The van der Waals surface area contributed by atoms with Crippen LogP contribution in [0, 0.1) is 11.7 Å². The van der Waals surface area contributed by atoms with Gasteiger partial charge in [-0.3, -0.25) is 0 Å². The minimum Gasteiger partial charge on any atom is -0.478 e. The molecule has 1 aliphatic heterocycles. The Hall–Kier alpha value is -2.94. The van der Waals surface area contributed by atoms with Gasteiger partial charge in [-0.05, 0) is 60.7 Å². The van der Waals surface area contributed by atoms with E-state index in [9.17, 15) is 18.3 Å². The summed E-state index contributed by atoms with van der Waals surface area (Å²) in [6.07, 6.45) is 5.18. The molecule has 1 atom stereocenters. The third kappa shape index (κ3) is 4.74. The third-order valence-corrected chi connectivity index (χ3v) is 9.84. The Morgan fingerprint density at radius 3 is 2.41 bits per heavy atom. The van der Waals surface area contributed by atoms with Crippen LogP contribution in [-0.2, 0) is 10.0 Å². The molecule has 0 aromatic heterocycles. The Labute approximate surface area is 221 Å². The zero-order valence-electron chi connectivity index (χ0n) is 20.4. The molecule has 9 heteroatoms. The zero-order valence-corrected chi connectivity index (χ0v) is 22.0. The molecule has 5 rings (SSSR count). The standard InChI is InChI=1S/C28H28ClFN2O4S/c1-31-26(18-8-4-2-5-9-18)17-32(20-10-6-3-7-11-20)25-16-24(30)21(15-27(25)37(31,35)36)19-12-13-23(29)22(14-19)28(33)34/h3,6-7,10-16,18,26H,2,4-5,8-9,17H2,1H3,(H,33,34)/t26-/m0/s1. The Morgan fingerprint density at radius 1 is 1.03 bits per heavy atom. The number of rotatable bonds is 4. The quantitative estimate of drug-likeness (QED) is 0.403. The van der Waals surface area contributed by atoms with Crippen molar-refractivity contribution in [3.05, 3.63) is 77.1 Å². The van der Waals surface area contributed by atoms with Gasteiger partial charge in [0.15, 0.2) is 0 Å². The van der Waals surface area contributed by atoms with E-state index in [4.69, 9.17) is 11.6 Å². The zero-order chi connectivity index (χ0) is 26.3. The lowest BCUT2D eigenvalue weighted by molar-refractivity contribution is 0.0697. The molecule has 1 heterocycles.